The molecule has 0 radical (unpaired) electrons. The lowest BCUT2D eigenvalue weighted by atomic mass is 10.1. The van der Waals surface area contributed by atoms with Crippen LogP contribution in [0.5, 0.6) is 0 Å². The molecule has 0 aliphatic carbocycles. The summed E-state index contributed by atoms with van der Waals surface area (Å²) in [5.41, 5.74) is 8.65. The molecule has 3 heteroatoms. The summed E-state index contributed by atoms with van der Waals surface area (Å²) < 4.78 is 0. The van der Waals surface area contributed by atoms with Crippen LogP contribution >= 0.6 is 11.6 Å². The summed E-state index contributed by atoms with van der Waals surface area (Å²) in [5, 5.41) is 0.623. The molecule has 2 N–H and O–H groups in total. The highest BCUT2D eigenvalue weighted by molar-refractivity contribution is 6.33. The van der Waals surface area contributed by atoms with Gasteiger partial charge in [0.2, 0.25) is 0 Å². The maximum absolute atomic E-state index is 5.98. The van der Waals surface area contributed by atoms with Crippen LogP contribution in [0, 0.1) is 6.92 Å². The number of rotatable bonds is 2. The van der Waals surface area contributed by atoms with Crippen molar-refractivity contribution in [1.29, 1.82) is 0 Å². The second kappa shape index (κ2) is 4.09. The van der Waals surface area contributed by atoms with Gasteiger partial charge in [0.15, 0.2) is 0 Å². The first kappa shape index (κ1) is 11.2. The fourth-order valence-corrected chi connectivity index (χ4v) is 1.51. The van der Waals surface area contributed by atoms with Crippen LogP contribution < -0.4 is 10.6 Å². The van der Waals surface area contributed by atoms with Crippen molar-refractivity contribution in [3.63, 3.8) is 0 Å². The number of hydrogen-bond donors (Lipinski definition) is 1. The Morgan fingerprint density at radius 3 is 2.43 bits per heavy atom. The Morgan fingerprint density at radius 1 is 1.36 bits per heavy atom. The van der Waals surface area contributed by atoms with Gasteiger partial charge in [0.1, 0.15) is 0 Å². The summed E-state index contributed by atoms with van der Waals surface area (Å²) in [5.74, 6) is 0. The van der Waals surface area contributed by atoms with Crippen molar-refractivity contribution in [2.24, 2.45) is 0 Å². The first-order valence-electron chi connectivity index (χ1n) is 4.72. The second-order valence-corrected chi connectivity index (χ2v) is 4.27. The molecule has 14 heavy (non-hydrogen) atoms. The molecule has 0 saturated carbocycles. The molecule has 0 atom stereocenters. The summed E-state index contributed by atoms with van der Waals surface area (Å²) in [7, 11) is 2.06. The molecule has 0 aliphatic heterocycles. The Kier molecular flexibility index (Phi) is 3.27. The zero-order chi connectivity index (χ0) is 10.9. The van der Waals surface area contributed by atoms with Gasteiger partial charge in [-0.05, 0) is 38.5 Å². The Hall–Kier alpha value is -0.890. The minimum absolute atomic E-state index is 0.452. The van der Waals surface area contributed by atoms with E-state index in [0.717, 1.165) is 11.3 Å². The van der Waals surface area contributed by atoms with Gasteiger partial charge in [0.25, 0.3) is 0 Å². The zero-order valence-corrected chi connectivity index (χ0v) is 9.89. The summed E-state index contributed by atoms with van der Waals surface area (Å²) in [6, 6.07) is 4.29. The molecule has 0 saturated heterocycles. The van der Waals surface area contributed by atoms with Crippen LogP contribution in [0.3, 0.4) is 0 Å². The molecule has 0 heterocycles. The number of halogens is 1. The van der Waals surface area contributed by atoms with Gasteiger partial charge in [-0.25, -0.2) is 0 Å². The molecule has 1 rings (SSSR count). The largest absolute Gasteiger partial charge is 0.398 e. The number of hydrogen-bond acceptors (Lipinski definition) is 2. The third kappa shape index (κ3) is 2.13. The van der Waals surface area contributed by atoms with Crippen LogP contribution in [0.4, 0.5) is 11.4 Å². The van der Waals surface area contributed by atoms with Crippen molar-refractivity contribution in [2.45, 2.75) is 26.8 Å². The van der Waals surface area contributed by atoms with E-state index in [1.54, 1.807) is 0 Å². The van der Waals surface area contributed by atoms with Gasteiger partial charge in [-0.15, -0.1) is 0 Å². The van der Waals surface area contributed by atoms with Crippen molar-refractivity contribution < 1.29 is 0 Å². The SMILES string of the molecule is Cc1cc(N)c(Cl)cc1N(C)C(C)C. The van der Waals surface area contributed by atoms with Gasteiger partial charge in [-0.1, -0.05) is 11.6 Å². The summed E-state index contributed by atoms with van der Waals surface area (Å²) >= 11 is 5.98. The van der Waals surface area contributed by atoms with Crippen molar-refractivity contribution >= 4 is 23.0 Å². The van der Waals surface area contributed by atoms with Crippen molar-refractivity contribution in [2.75, 3.05) is 17.7 Å². The number of anilines is 2. The van der Waals surface area contributed by atoms with Crippen LogP contribution in [0.15, 0.2) is 12.1 Å². The standard InChI is InChI=1S/C11H17ClN2/c1-7(2)14(4)11-6-9(12)10(13)5-8(11)3/h5-7H,13H2,1-4H3. The normalized spacial score (nSPS) is 10.7. The first-order chi connectivity index (χ1) is 6.43. The van der Waals surface area contributed by atoms with Crippen molar-refractivity contribution in [3.8, 4) is 0 Å². The minimum Gasteiger partial charge on any atom is -0.398 e. The van der Waals surface area contributed by atoms with E-state index >= 15 is 0 Å². The Labute approximate surface area is 90.7 Å². The molecule has 1 aromatic carbocycles. The molecule has 2 nitrogen and oxygen atoms in total. The number of aryl methyl sites for hydroxylation is 1. The lowest BCUT2D eigenvalue weighted by Crippen LogP contribution is -2.26. The Bertz CT molecular complexity index is 334. The van der Waals surface area contributed by atoms with Crippen LogP contribution in [0.25, 0.3) is 0 Å². The Morgan fingerprint density at radius 2 is 1.93 bits per heavy atom. The number of nitrogens with zero attached hydrogens (tertiary/aromatic N) is 1. The van der Waals surface area contributed by atoms with E-state index in [1.165, 1.54) is 0 Å². The highest BCUT2D eigenvalue weighted by atomic mass is 35.5. The summed E-state index contributed by atoms with van der Waals surface area (Å²) in [6.07, 6.45) is 0. The van der Waals surface area contributed by atoms with Gasteiger partial charge >= 0.3 is 0 Å². The lowest BCUT2D eigenvalue weighted by molar-refractivity contribution is 0.752. The molecule has 78 valence electrons. The molecule has 0 fully saturated rings. The van der Waals surface area contributed by atoms with Gasteiger partial charge in [0.05, 0.1) is 10.7 Å². The van der Waals surface area contributed by atoms with Crippen LogP contribution in [0.1, 0.15) is 19.4 Å². The predicted octanol–water partition coefficient (Wildman–Crippen LogP) is 3.08. The lowest BCUT2D eigenvalue weighted by Gasteiger charge is -2.26. The highest BCUT2D eigenvalue weighted by Gasteiger charge is 2.10. The molecule has 1 aromatic rings. The van der Waals surface area contributed by atoms with Crippen molar-refractivity contribution in [1.82, 2.24) is 0 Å². The number of benzene rings is 1. The predicted molar refractivity (Wildman–Crippen MR) is 64.1 cm³/mol. The zero-order valence-electron chi connectivity index (χ0n) is 9.13. The van der Waals surface area contributed by atoms with Gasteiger partial charge in [0, 0.05) is 18.8 Å². The fourth-order valence-electron chi connectivity index (χ4n) is 1.35. The van der Waals surface area contributed by atoms with E-state index in [0.29, 0.717) is 16.8 Å². The van der Waals surface area contributed by atoms with E-state index in [9.17, 15) is 0 Å². The van der Waals surface area contributed by atoms with E-state index in [2.05, 4.69) is 25.8 Å². The molecule has 0 amide bonds. The second-order valence-electron chi connectivity index (χ2n) is 3.86. The van der Waals surface area contributed by atoms with Crippen LogP contribution in [-0.2, 0) is 0 Å². The van der Waals surface area contributed by atoms with Crippen LogP contribution in [-0.4, -0.2) is 13.1 Å². The smallest absolute Gasteiger partial charge is 0.0656 e. The average Bonchev–Trinajstić information content (AvgIpc) is 2.10. The molecule has 0 bridgehead atoms. The topological polar surface area (TPSA) is 29.3 Å². The van der Waals surface area contributed by atoms with Crippen molar-refractivity contribution in [3.05, 3.63) is 22.7 Å². The molecule has 0 aromatic heterocycles. The molecule has 0 unspecified atom stereocenters. The minimum atomic E-state index is 0.452. The molecule has 0 spiro atoms. The quantitative estimate of drug-likeness (QED) is 0.764. The maximum atomic E-state index is 5.98. The van der Waals surface area contributed by atoms with Gasteiger partial charge in [-0.3, -0.25) is 0 Å². The fraction of sp³-hybridized carbons (Fsp3) is 0.455. The monoisotopic (exact) mass is 212 g/mol. The van der Waals surface area contributed by atoms with E-state index in [4.69, 9.17) is 17.3 Å². The number of nitrogen functional groups attached to an aromatic ring is 1. The molecular weight excluding hydrogens is 196 g/mol. The third-order valence-corrected chi connectivity index (χ3v) is 2.80. The number of nitrogens with two attached hydrogens (primary N) is 1. The van der Waals surface area contributed by atoms with Gasteiger partial charge in [-0.2, -0.15) is 0 Å². The summed E-state index contributed by atoms with van der Waals surface area (Å²) in [6.45, 7) is 6.33. The highest BCUT2D eigenvalue weighted by Crippen LogP contribution is 2.29. The molecular formula is C11H17ClN2. The third-order valence-electron chi connectivity index (χ3n) is 2.47. The van der Waals surface area contributed by atoms with E-state index in [-0.39, 0.29) is 0 Å². The van der Waals surface area contributed by atoms with E-state index < -0.39 is 0 Å². The maximum Gasteiger partial charge on any atom is 0.0656 e. The first-order valence-corrected chi connectivity index (χ1v) is 5.09. The van der Waals surface area contributed by atoms with E-state index in [1.807, 2.05) is 19.1 Å². The Balaban J connectivity index is 3.15. The summed E-state index contributed by atoms with van der Waals surface area (Å²) in [4.78, 5) is 2.18. The van der Waals surface area contributed by atoms with Gasteiger partial charge < -0.3 is 10.6 Å². The molecule has 0 aliphatic rings. The van der Waals surface area contributed by atoms with Crippen LogP contribution in [0.2, 0.25) is 5.02 Å². The average molecular weight is 213 g/mol.